The van der Waals surface area contributed by atoms with Crippen molar-refractivity contribution in [2.75, 3.05) is 5.32 Å². The van der Waals surface area contributed by atoms with E-state index in [0.717, 1.165) is 51.1 Å². The van der Waals surface area contributed by atoms with Crippen LogP contribution in [0.3, 0.4) is 0 Å². The zero-order valence-electron chi connectivity index (χ0n) is 17.1. The summed E-state index contributed by atoms with van der Waals surface area (Å²) in [7, 11) is 0. The van der Waals surface area contributed by atoms with E-state index in [4.69, 9.17) is 9.97 Å². The molecule has 1 aromatic carbocycles. The van der Waals surface area contributed by atoms with Gasteiger partial charge in [-0.05, 0) is 48.9 Å². The summed E-state index contributed by atoms with van der Waals surface area (Å²) in [5, 5.41) is 7.67. The molecule has 0 spiro atoms. The third kappa shape index (κ3) is 3.81. The van der Waals surface area contributed by atoms with Crippen molar-refractivity contribution in [2.45, 2.75) is 13.5 Å². The van der Waals surface area contributed by atoms with Crippen LogP contribution in [0, 0.1) is 6.92 Å². The molecule has 31 heavy (non-hydrogen) atoms. The molecule has 2 N–H and O–H groups in total. The second-order valence-corrected chi connectivity index (χ2v) is 7.23. The maximum absolute atomic E-state index is 4.89. The molecular formula is C24H21N7. The monoisotopic (exact) mass is 407 g/mol. The Bertz CT molecular complexity index is 1360. The number of rotatable bonds is 6. The Morgan fingerprint density at radius 2 is 1.94 bits per heavy atom. The molecule has 4 aromatic heterocycles. The summed E-state index contributed by atoms with van der Waals surface area (Å²) in [6.07, 6.45) is 5.30. The minimum Gasteiger partial charge on any atom is -0.378 e. The van der Waals surface area contributed by atoms with Gasteiger partial charge in [-0.15, -0.1) is 0 Å². The Hall–Kier alpha value is -4.26. The lowest BCUT2D eigenvalue weighted by atomic mass is 10.1. The zero-order chi connectivity index (χ0) is 21.2. The molecule has 0 saturated heterocycles. The molecule has 0 bridgehead atoms. The quantitative estimate of drug-likeness (QED) is 0.425. The fourth-order valence-electron chi connectivity index (χ4n) is 3.46. The van der Waals surface area contributed by atoms with Crippen molar-refractivity contribution in [3.63, 3.8) is 0 Å². The Balaban J connectivity index is 1.51. The van der Waals surface area contributed by atoms with Crippen LogP contribution in [0.15, 0.2) is 73.7 Å². The van der Waals surface area contributed by atoms with Gasteiger partial charge in [-0.1, -0.05) is 30.9 Å². The molecule has 0 radical (unpaired) electrons. The van der Waals surface area contributed by atoms with Gasteiger partial charge in [0.1, 0.15) is 12.2 Å². The van der Waals surface area contributed by atoms with Crippen LogP contribution in [-0.4, -0.2) is 29.5 Å². The molecule has 7 nitrogen and oxygen atoms in total. The molecule has 4 heterocycles. The van der Waals surface area contributed by atoms with Crippen molar-refractivity contribution < 1.29 is 0 Å². The standard InChI is InChI=1S/C24H21N7/c1-3-17-7-10-19(11-8-17)25-13-21-29-23(18-9-12-22-26-15-27-31(22)14-18)24(30-21)20-6-4-5-16(2)28-20/h3-12,14-15,25H,1,13H2,2H3,(H,29,30). The topological polar surface area (TPSA) is 83.8 Å². The molecule has 0 amide bonds. The van der Waals surface area contributed by atoms with Crippen molar-refractivity contribution in [3.8, 4) is 22.6 Å². The third-order valence-corrected chi connectivity index (χ3v) is 5.05. The lowest BCUT2D eigenvalue weighted by Crippen LogP contribution is -2.01. The van der Waals surface area contributed by atoms with E-state index >= 15 is 0 Å². The van der Waals surface area contributed by atoms with Crippen LogP contribution in [0.4, 0.5) is 5.69 Å². The molecule has 0 atom stereocenters. The van der Waals surface area contributed by atoms with Crippen LogP contribution >= 0.6 is 0 Å². The van der Waals surface area contributed by atoms with E-state index in [1.807, 2.05) is 73.8 Å². The Kier molecular flexibility index (Phi) is 4.76. The number of hydrogen-bond acceptors (Lipinski definition) is 5. The molecule has 152 valence electrons. The first-order chi connectivity index (χ1) is 15.2. The maximum Gasteiger partial charge on any atom is 0.155 e. The van der Waals surface area contributed by atoms with Gasteiger partial charge in [0.25, 0.3) is 0 Å². The number of H-pyrrole nitrogens is 1. The van der Waals surface area contributed by atoms with Crippen LogP contribution in [0.25, 0.3) is 34.4 Å². The molecular weight excluding hydrogens is 386 g/mol. The van der Waals surface area contributed by atoms with Crippen molar-refractivity contribution >= 4 is 17.4 Å². The highest BCUT2D eigenvalue weighted by molar-refractivity contribution is 5.77. The largest absolute Gasteiger partial charge is 0.378 e. The van der Waals surface area contributed by atoms with Gasteiger partial charge >= 0.3 is 0 Å². The predicted molar refractivity (Wildman–Crippen MR) is 122 cm³/mol. The summed E-state index contributed by atoms with van der Waals surface area (Å²) in [6, 6.07) is 18.0. The number of aromatic amines is 1. The van der Waals surface area contributed by atoms with Crippen LogP contribution in [0.5, 0.6) is 0 Å². The van der Waals surface area contributed by atoms with E-state index in [2.05, 4.69) is 27.0 Å². The lowest BCUT2D eigenvalue weighted by Gasteiger charge is -2.04. The van der Waals surface area contributed by atoms with Crippen molar-refractivity contribution in [3.05, 3.63) is 90.8 Å². The lowest BCUT2D eigenvalue weighted by molar-refractivity contribution is 0.960. The van der Waals surface area contributed by atoms with Gasteiger partial charge in [-0.25, -0.2) is 14.5 Å². The number of pyridine rings is 2. The Morgan fingerprint density at radius 3 is 2.74 bits per heavy atom. The van der Waals surface area contributed by atoms with Crippen molar-refractivity contribution in [2.24, 2.45) is 0 Å². The number of aryl methyl sites for hydroxylation is 1. The third-order valence-electron chi connectivity index (χ3n) is 5.05. The average molecular weight is 407 g/mol. The van der Waals surface area contributed by atoms with Gasteiger partial charge in [0, 0.05) is 23.1 Å². The SMILES string of the molecule is C=Cc1ccc(NCc2nc(-c3ccc4ncnn4c3)c(-c3cccc(C)n3)[nH]2)cc1. The highest BCUT2D eigenvalue weighted by atomic mass is 15.3. The summed E-state index contributed by atoms with van der Waals surface area (Å²) in [6.45, 7) is 6.33. The van der Waals surface area contributed by atoms with Crippen LogP contribution < -0.4 is 5.32 Å². The first-order valence-electron chi connectivity index (χ1n) is 9.99. The van der Waals surface area contributed by atoms with Gasteiger partial charge in [0.2, 0.25) is 0 Å². The predicted octanol–water partition coefficient (Wildman–Crippen LogP) is 4.74. The Morgan fingerprint density at radius 1 is 1.06 bits per heavy atom. The van der Waals surface area contributed by atoms with E-state index in [-0.39, 0.29) is 0 Å². The van der Waals surface area contributed by atoms with E-state index in [1.54, 1.807) is 10.8 Å². The molecule has 0 saturated carbocycles. The van der Waals surface area contributed by atoms with Crippen LogP contribution in [0.2, 0.25) is 0 Å². The molecule has 0 fully saturated rings. The van der Waals surface area contributed by atoms with Gasteiger partial charge in [0.15, 0.2) is 5.65 Å². The molecule has 5 rings (SSSR count). The van der Waals surface area contributed by atoms with E-state index < -0.39 is 0 Å². The number of hydrogen-bond donors (Lipinski definition) is 2. The van der Waals surface area contributed by atoms with Gasteiger partial charge in [-0.3, -0.25) is 4.98 Å². The van der Waals surface area contributed by atoms with Crippen molar-refractivity contribution in [1.29, 1.82) is 0 Å². The first-order valence-corrected chi connectivity index (χ1v) is 9.99. The highest BCUT2D eigenvalue weighted by Gasteiger charge is 2.16. The molecule has 0 aliphatic heterocycles. The van der Waals surface area contributed by atoms with E-state index in [9.17, 15) is 0 Å². The van der Waals surface area contributed by atoms with Gasteiger partial charge in [-0.2, -0.15) is 5.10 Å². The fourth-order valence-corrected chi connectivity index (χ4v) is 3.46. The first kappa shape index (κ1) is 18.7. The zero-order valence-corrected chi connectivity index (χ0v) is 17.1. The van der Waals surface area contributed by atoms with E-state index in [1.165, 1.54) is 0 Å². The van der Waals surface area contributed by atoms with Crippen LogP contribution in [-0.2, 0) is 6.54 Å². The number of benzene rings is 1. The average Bonchev–Trinajstić information content (AvgIpc) is 3.44. The summed E-state index contributed by atoms with van der Waals surface area (Å²) in [4.78, 5) is 17.3. The number of nitrogens with zero attached hydrogens (tertiary/aromatic N) is 5. The second-order valence-electron chi connectivity index (χ2n) is 7.23. The Labute approximate surface area is 179 Å². The van der Waals surface area contributed by atoms with E-state index in [0.29, 0.717) is 6.54 Å². The number of imidazole rings is 1. The second kappa shape index (κ2) is 7.87. The molecule has 0 aliphatic carbocycles. The molecule has 7 heteroatoms. The normalized spacial score (nSPS) is 11.0. The summed E-state index contributed by atoms with van der Waals surface area (Å²) in [5.74, 6) is 0.819. The molecule has 0 unspecified atom stereocenters. The summed E-state index contributed by atoms with van der Waals surface area (Å²) in [5.41, 5.74) is 7.34. The molecule has 5 aromatic rings. The number of anilines is 1. The fraction of sp³-hybridized carbons (Fsp3) is 0.0833. The minimum absolute atomic E-state index is 0.553. The van der Waals surface area contributed by atoms with Gasteiger partial charge in [0.05, 0.1) is 23.6 Å². The summed E-state index contributed by atoms with van der Waals surface area (Å²) >= 11 is 0. The molecule has 0 aliphatic rings. The minimum atomic E-state index is 0.553. The van der Waals surface area contributed by atoms with Crippen molar-refractivity contribution in [1.82, 2.24) is 29.5 Å². The summed E-state index contributed by atoms with van der Waals surface area (Å²) < 4.78 is 1.75. The smallest absolute Gasteiger partial charge is 0.155 e. The number of aromatic nitrogens is 6. The van der Waals surface area contributed by atoms with Gasteiger partial charge < -0.3 is 10.3 Å². The number of fused-ring (bicyclic) bond motifs is 1. The highest BCUT2D eigenvalue weighted by Crippen LogP contribution is 2.29. The maximum atomic E-state index is 4.89. The van der Waals surface area contributed by atoms with Crippen LogP contribution in [0.1, 0.15) is 17.1 Å². The number of nitrogens with one attached hydrogen (secondary N) is 2.